The van der Waals surface area contributed by atoms with E-state index in [1.54, 1.807) is 0 Å². The monoisotopic (exact) mass is 218 g/mol. The summed E-state index contributed by atoms with van der Waals surface area (Å²) in [6.45, 7) is 7.82. The lowest BCUT2D eigenvalue weighted by Gasteiger charge is -2.30. The first kappa shape index (κ1) is 11.5. The highest BCUT2D eigenvalue weighted by Crippen LogP contribution is 2.39. The molecular formula is C15H22O. The fraction of sp³-hybridized carbons (Fsp3) is 0.600. The summed E-state index contributed by atoms with van der Waals surface area (Å²) in [5, 5.41) is 0. The minimum Gasteiger partial charge on any atom is -0.493 e. The highest BCUT2D eigenvalue weighted by atomic mass is 16.5. The zero-order valence-corrected chi connectivity index (χ0v) is 10.7. The number of benzene rings is 1. The van der Waals surface area contributed by atoms with E-state index in [2.05, 4.69) is 39.0 Å². The number of fused-ring (bicyclic) bond motifs is 1. The molecule has 1 aromatic carbocycles. The number of rotatable bonds is 4. The summed E-state index contributed by atoms with van der Waals surface area (Å²) in [6, 6.07) is 6.55. The molecule has 0 spiro atoms. The van der Waals surface area contributed by atoms with E-state index in [4.69, 9.17) is 4.74 Å². The Morgan fingerprint density at radius 3 is 2.81 bits per heavy atom. The Kier molecular flexibility index (Phi) is 3.22. The summed E-state index contributed by atoms with van der Waals surface area (Å²) in [5.74, 6) is 1.12. The van der Waals surface area contributed by atoms with Crippen LogP contribution in [0.3, 0.4) is 0 Å². The van der Waals surface area contributed by atoms with Crippen molar-refractivity contribution in [2.24, 2.45) is 0 Å². The van der Waals surface area contributed by atoms with Crippen molar-refractivity contribution in [3.63, 3.8) is 0 Å². The smallest absolute Gasteiger partial charge is 0.122 e. The maximum Gasteiger partial charge on any atom is 0.122 e. The van der Waals surface area contributed by atoms with Crippen LogP contribution in [0.5, 0.6) is 5.75 Å². The van der Waals surface area contributed by atoms with Crippen LogP contribution < -0.4 is 4.74 Å². The molecule has 0 saturated heterocycles. The highest BCUT2D eigenvalue weighted by molar-refractivity contribution is 5.46. The summed E-state index contributed by atoms with van der Waals surface area (Å²) >= 11 is 0. The molecule has 88 valence electrons. The normalized spacial score (nSPS) is 17.7. The maximum absolute atomic E-state index is 5.66. The van der Waals surface area contributed by atoms with Crippen molar-refractivity contribution in [1.82, 2.24) is 0 Å². The Bertz CT molecular complexity index is 370. The van der Waals surface area contributed by atoms with Gasteiger partial charge in [0.15, 0.2) is 0 Å². The summed E-state index contributed by atoms with van der Waals surface area (Å²) < 4.78 is 5.66. The number of hydrogen-bond acceptors (Lipinski definition) is 1. The number of ether oxygens (including phenoxy) is 1. The van der Waals surface area contributed by atoms with Gasteiger partial charge >= 0.3 is 0 Å². The van der Waals surface area contributed by atoms with E-state index >= 15 is 0 Å². The quantitative estimate of drug-likeness (QED) is 0.739. The van der Waals surface area contributed by atoms with Crippen molar-refractivity contribution in [2.75, 3.05) is 6.61 Å². The summed E-state index contributed by atoms with van der Waals surface area (Å²) in [7, 11) is 0. The van der Waals surface area contributed by atoms with E-state index < -0.39 is 0 Å². The van der Waals surface area contributed by atoms with E-state index in [9.17, 15) is 0 Å². The van der Waals surface area contributed by atoms with Crippen LogP contribution in [0.4, 0.5) is 0 Å². The number of hydrogen-bond donors (Lipinski definition) is 0. The lowest BCUT2D eigenvalue weighted by molar-refractivity contribution is 0.356. The molecule has 0 radical (unpaired) electrons. The summed E-state index contributed by atoms with van der Waals surface area (Å²) in [4.78, 5) is 0. The largest absolute Gasteiger partial charge is 0.493 e. The molecule has 0 N–H and O–H groups in total. The van der Waals surface area contributed by atoms with Gasteiger partial charge in [-0.05, 0) is 29.9 Å². The van der Waals surface area contributed by atoms with Gasteiger partial charge in [0.25, 0.3) is 0 Å². The molecule has 0 fully saturated rings. The molecule has 0 aromatic heterocycles. The van der Waals surface area contributed by atoms with Crippen molar-refractivity contribution in [3.8, 4) is 5.75 Å². The Balaban J connectivity index is 2.42. The van der Waals surface area contributed by atoms with E-state index in [1.807, 2.05) is 0 Å². The van der Waals surface area contributed by atoms with Gasteiger partial charge in [-0.15, -0.1) is 0 Å². The molecule has 0 bridgehead atoms. The van der Waals surface area contributed by atoms with E-state index in [0.29, 0.717) is 5.41 Å². The molecule has 1 aliphatic heterocycles. The van der Waals surface area contributed by atoms with Crippen LogP contribution in [0.2, 0.25) is 0 Å². The maximum atomic E-state index is 5.66. The second-order valence-electron chi connectivity index (χ2n) is 5.04. The standard InChI is InChI=1S/C15H22O/c1-4-10-15(3,5-2)13-7-6-8-14-12(13)9-11-16-14/h6-8H,4-5,9-11H2,1-3H3. The van der Waals surface area contributed by atoms with Crippen LogP contribution in [0.15, 0.2) is 18.2 Å². The van der Waals surface area contributed by atoms with E-state index in [1.165, 1.54) is 30.4 Å². The molecular weight excluding hydrogens is 196 g/mol. The van der Waals surface area contributed by atoms with Gasteiger partial charge in [-0.1, -0.05) is 39.3 Å². The lowest BCUT2D eigenvalue weighted by Crippen LogP contribution is -2.22. The molecule has 0 amide bonds. The van der Waals surface area contributed by atoms with Crippen molar-refractivity contribution in [2.45, 2.75) is 51.9 Å². The van der Waals surface area contributed by atoms with Crippen molar-refractivity contribution in [3.05, 3.63) is 29.3 Å². The third-order valence-corrected chi connectivity index (χ3v) is 3.98. The van der Waals surface area contributed by atoms with E-state index in [-0.39, 0.29) is 0 Å². The van der Waals surface area contributed by atoms with Crippen molar-refractivity contribution >= 4 is 0 Å². The average Bonchev–Trinajstić information content (AvgIpc) is 2.76. The second kappa shape index (κ2) is 4.48. The Hall–Kier alpha value is -0.980. The first-order chi connectivity index (χ1) is 7.71. The van der Waals surface area contributed by atoms with Gasteiger partial charge in [-0.25, -0.2) is 0 Å². The van der Waals surface area contributed by atoms with Crippen LogP contribution in [0, 0.1) is 0 Å². The summed E-state index contributed by atoms with van der Waals surface area (Å²) in [6.07, 6.45) is 4.80. The molecule has 1 atom stereocenters. The molecule has 0 saturated carbocycles. The Morgan fingerprint density at radius 2 is 2.12 bits per heavy atom. The minimum atomic E-state index is 0.327. The van der Waals surface area contributed by atoms with Gasteiger partial charge < -0.3 is 4.74 Å². The third-order valence-electron chi connectivity index (χ3n) is 3.98. The van der Waals surface area contributed by atoms with Gasteiger partial charge in [0.05, 0.1) is 6.61 Å². The Morgan fingerprint density at radius 1 is 1.31 bits per heavy atom. The van der Waals surface area contributed by atoms with Crippen LogP contribution in [-0.4, -0.2) is 6.61 Å². The van der Waals surface area contributed by atoms with Crippen molar-refractivity contribution < 1.29 is 4.74 Å². The first-order valence-electron chi connectivity index (χ1n) is 6.46. The molecule has 0 aliphatic carbocycles. The van der Waals surface area contributed by atoms with Gasteiger partial charge in [-0.3, -0.25) is 0 Å². The zero-order valence-electron chi connectivity index (χ0n) is 10.7. The molecule has 1 nitrogen and oxygen atoms in total. The fourth-order valence-electron chi connectivity index (χ4n) is 2.84. The summed E-state index contributed by atoms with van der Waals surface area (Å²) in [5.41, 5.74) is 3.31. The second-order valence-corrected chi connectivity index (χ2v) is 5.04. The van der Waals surface area contributed by atoms with Gasteiger partial charge in [0, 0.05) is 12.0 Å². The SMILES string of the molecule is CCCC(C)(CC)c1cccc2c1CCO2. The van der Waals surface area contributed by atoms with E-state index in [0.717, 1.165) is 18.8 Å². The zero-order chi connectivity index (χ0) is 11.6. The fourth-order valence-corrected chi connectivity index (χ4v) is 2.84. The van der Waals surface area contributed by atoms with Crippen LogP contribution in [0.1, 0.15) is 51.2 Å². The topological polar surface area (TPSA) is 9.23 Å². The first-order valence-corrected chi connectivity index (χ1v) is 6.46. The average molecular weight is 218 g/mol. The predicted molar refractivity (Wildman–Crippen MR) is 68.2 cm³/mol. The minimum absolute atomic E-state index is 0.327. The van der Waals surface area contributed by atoms with Crippen LogP contribution >= 0.6 is 0 Å². The van der Waals surface area contributed by atoms with Crippen LogP contribution in [-0.2, 0) is 11.8 Å². The molecule has 1 unspecified atom stereocenters. The molecule has 1 aromatic rings. The van der Waals surface area contributed by atoms with Gasteiger partial charge in [-0.2, -0.15) is 0 Å². The van der Waals surface area contributed by atoms with Crippen molar-refractivity contribution in [1.29, 1.82) is 0 Å². The predicted octanol–water partition coefficient (Wildman–Crippen LogP) is 4.09. The molecule has 2 rings (SSSR count). The molecule has 1 heteroatoms. The Labute approximate surface area is 98.8 Å². The molecule has 1 heterocycles. The van der Waals surface area contributed by atoms with Crippen LogP contribution in [0.25, 0.3) is 0 Å². The highest BCUT2D eigenvalue weighted by Gasteiger charge is 2.29. The lowest BCUT2D eigenvalue weighted by atomic mass is 9.74. The molecule has 16 heavy (non-hydrogen) atoms. The van der Waals surface area contributed by atoms with Gasteiger partial charge in [0.1, 0.15) is 5.75 Å². The molecule has 1 aliphatic rings. The van der Waals surface area contributed by atoms with Gasteiger partial charge in [0.2, 0.25) is 0 Å². The third kappa shape index (κ3) is 1.83.